The number of benzene rings is 2. The van der Waals surface area contributed by atoms with Crippen LogP contribution in [0, 0.1) is 17.8 Å². The monoisotopic (exact) mass is 685 g/mol. The molecule has 3 heterocycles. The van der Waals surface area contributed by atoms with Crippen molar-refractivity contribution in [3.63, 3.8) is 0 Å². The Morgan fingerprint density at radius 3 is 2.40 bits per heavy atom. The van der Waals surface area contributed by atoms with E-state index in [1.165, 1.54) is 4.90 Å². The van der Waals surface area contributed by atoms with E-state index in [1.807, 2.05) is 74.5 Å². The van der Waals surface area contributed by atoms with E-state index in [1.54, 1.807) is 24.0 Å². The van der Waals surface area contributed by atoms with Gasteiger partial charge in [-0.3, -0.25) is 19.2 Å². The number of amides is 3. The molecule has 3 amide bonds. The number of nitrogens with one attached hydrogen (secondary N) is 1. The summed E-state index contributed by atoms with van der Waals surface area (Å²) >= 11 is 0. The Hall–Kier alpha value is -4.28. The van der Waals surface area contributed by atoms with Crippen molar-refractivity contribution in [1.29, 1.82) is 0 Å². The van der Waals surface area contributed by atoms with Gasteiger partial charge in [0.2, 0.25) is 17.7 Å². The molecule has 5 rings (SSSR count). The molecule has 50 heavy (non-hydrogen) atoms. The van der Waals surface area contributed by atoms with Crippen LogP contribution in [-0.2, 0) is 35.2 Å². The molecule has 3 fully saturated rings. The largest absolute Gasteiger partial charge is 0.455 e. The summed E-state index contributed by atoms with van der Waals surface area (Å²) in [5.74, 6) is -3.57. The number of nitrogens with zero attached hydrogens (tertiary/aromatic N) is 2. The second kappa shape index (κ2) is 16.2. The first-order valence-electron chi connectivity index (χ1n) is 17.8. The van der Waals surface area contributed by atoms with E-state index in [-0.39, 0.29) is 43.2 Å². The molecule has 2 aromatic rings. The number of carbonyl (C=O) groups excluding carboxylic acids is 4. The van der Waals surface area contributed by atoms with Gasteiger partial charge in [0.15, 0.2) is 0 Å². The molecule has 2 aromatic carbocycles. The van der Waals surface area contributed by atoms with E-state index in [4.69, 9.17) is 9.47 Å². The summed E-state index contributed by atoms with van der Waals surface area (Å²) in [4.78, 5) is 59.9. The van der Waals surface area contributed by atoms with Crippen LogP contribution in [0.15, 0.2) is 86.0 Å². The average molecular weight is 686 g/mol. The van der Waals surface area contributed by atoms with Gasteiger partial charge in [-0.05, 0) is 43.2 Å². The van der Waals surface area contributed by atoms with Crippen molar-refractivity contribution in [2.75, 3.05) is 13.2 Å². The summed E-state index contributed by atoms with van der Waals surface area (Å²) in [6.45, 7) is 13.5. The van der Waals surface area contributed by atoms with Crippen molar-refractivity contribution in [3.05, 3.63) is 97.1 Å². The van der Waals surface area contributed by atoms with E-state index >= 15 is 0 Å². The summed E-state index contributed by atoms with van der Waals surface area (Å²) < 4.78 is 13.0. The lowest BCUT2D eigenvalue weighted by atomic mass is 9.70. The maximum atomic E-state index is 14.8. The zero-order valence-electron chi connectivity index (χ0n) is 29.4. The Kier molecular flexibility index (Phi) is 12.0. The molecule has 10 nitrogen and oxygen atoms in total. The fourth-order valence-corrected chi connectivity index (χ4v) is 8.12. The van der Waals surface area contributed by atoms with Gasteiger partial charge in [0, 0.05) is 19.5 Å². The number of aliphatic hydroxyl groups is 1. The van der Waals surface area contributed by atoms with Gasteiger partial charge in [-0.2, -0.15) is 0 Å². The van der Waals surface area contributed by atoms with Gasteiger partial charge in [-0.1, -0.05) is 93.1 Å². The summed E-state index contributed by atoms with van der Waals surface area (Å²) in [7, 11) is 0. The number of hydrogen-bond acceptors (Lipinski definition) is 7. The minimum absolute atomic E-state index is 0.132. The van der Waals surface area contributed by atoms with E-state index in [0.717, 1.165) is 5.56 Å². The fraction of sp³-hybridized carbons (Fsp3) is 0.500. The lowest BCUT2D eigenvalue weighted by Crippen LogP contribution is -2.59. The van der Waals surface area contributed by atoms with E-state index in [2.05, 4.69) is 18.5 Å². The highest BCUT2D eigenvalue weighted by Gasteiger charge is 2.76. The zero-order chi connectivity index (χ0) is 36.0. The first-order chi connectivity index (χ1) is 24.1. The molecule has 2 bridgehead atoms. The molecule has 268 valence electrons. The summed E-state index contributed by atoms with van der Waals surface area (Å²) in [6.07, 6.45) is 4.18. The molecular weight excluding hydrogens is 634 g/mol. The Morgan fingerprint density at radius 2 is 1.78 bits per heavy atom. The third-order valence-electron chi connectivity index (χ3n) is 10.8. The van der Waals surface area contributed by atoms with Crippen LogP contribution in [0.3, 0.4) is 0 Å². The van der Waals surface area contributed by atoms with Crippen molar-refractivity contribution >= 4 is 23.7 Å². The van der Waals surface area contributed by atoms with Crippen molar-refractivity contribution < 1.29 is 33.8 Å². The minimum Gasteiger partial charge on any atom is -0.455 e. The standard InChI is InChI=1S/C40H51N3O7/c1-6-9-20-32(45)41-27(5)35(29-18-14-11-15-19-29)49-39(48)33-31-21-22-40(50-31)34(33)37(46)43(30(25-44)26(4)8-3)36(40)38(47)42(23-7-2)24-28-16-12-10-13-17-28/h6-7,10-19,26-27,30-31,33-36,44H,1-2,8-9,20-25H2,3-5H3,(H,41,45)/t26-,27+,30-,31+,33-,34-,35+,36+,40-/m0/s1. The highest BCUT2D eigenvalue weighted by molar-refractivity contribution is 5.98. The molecule has 9 atom stereocenters. The van der Waals surface area contributed by atoms with E-state index < -0.39 is 53.7 Å². The van der Waals surface area contributed by atoms with Gasteiger partial charge in [0.25, 0.3) is 0 Å². The van der Waals surface area contributed by atoms with Crippen LogP contribution >= 0.6 is 0 Å². The Labute approximate surface area is 295 Å². The van der Waals surface area contributed by atoms with Crippen LogP contribution in [0.25, 0.3) is 0 Å². The lowest BCUT2D eigenvalue weighted by Gasteiger charge is -2.41. The quantitative estimate of drug-likeness (QED) is 0.182. The summed E-state index contributed by atoms with van der Waals surface area (Å²) in [5, 5.41) is 13.7. The Bertz CT molecular complexity index is 1530. The van der Waals surface area contributed by atoms with E-state index in [9.17, 15) is 24.3 Å². The molecule has 1 spiro atoms. The molecule has 2 N–H and O–H groups in total. The van der Waals surface area contributed by atoms with E-state index in [0.29, 0.717) is 37.8 Å². The molecule has 3 aliphatic heterocycles. The van der Waals surface area contributed by atoms with Gasteiger partial charge in [-0.15, -0.1) is 13.2 Å². The van der Waals surface area contributed by atoms with Crippen molar-refractivity contribution in [1.82, 2.24) is 15.1 Å². The number of allylic oxidation sites excluding steroid dienone is 1. The van der Waals surface area contributed by atoms with Crippen LogP contribution in [0.1, 0.15) is 70.1 Å². The minimum atomic E-state index is -1.27. The zero-order valence-corrected chi connectivity index (χ0v) is 29.4. The highest BCUT2D eigenvalue weighted by Crippen LogP contribution is 2.59. The molecule has 3 saturated heterocycles. The second-order valence-electron chi connectivity index (χ2n) is 13.9. The highest BCUT2D eigenvalue weighted by atomic mass is 16.6. The third kappa shape index (κ3) is 7.14. The molecule has 0 aliphatic carbocycles. The molecule has 0 radical (unpaired) electrons. The second-order valence-corrected chi connectivity index (χ2v) is 13.9. The Morgan fingerprint density at radius 1 is 1.10 bits per heavy atom. The van der Waals surface area contributed by atoms with Gasteiger partial charge in [-0.25, -0.2) is 0 Å². The topological polar surface area (TPSA) is 125 Å². The van der Waals surface area contributed by atoms with Crippen LogP contribution in [0.2, 0.25) is 0 Å². The van der Waals surface area contributed by atoms with Crippen LogP contribution in [0.4, 0.5) is 0 Å². The Balaban J connectivity index is 1.50. The van der Waals surface area contributed by atoms with Gasteiger partial charge in [0.1, 0.15) is 17.7 Å². The van der Waals surface area contributed by atoms with Crippen LogP contribution in [-0.4, -0.2) is 81.6 Å². The number of esters is 1. The molecule has 0 saturated carbocycles. The first-order valence-corrected chi connectivity index (χ1v) is 17.8. The van der Waals surface area contributed by atoms with Crippen molar-refractivity contribution in [2.45, 2.75) is 95.4 Å². The van der Waals surface area contributed by atoms with Crippen molar-refractivity contribution in [3.8, 4) is 0 Å². The first kappa shape index (κ1) is 37.0. The normalized spacial score (nSPS) is 26.0. The molecule has 3 aliphatic rings. The smallest absolute Gasteiger partial charge is 0.313 e. The maximum Gasteiger partial charge on any atom is 0.313 e. The van der Waals surface area contributed by atoms with Crippen LogP contribution in [0.5, 0.6) is 0 Å². The number of carbonyl (C=O) groups is 4. The molecule has 0 unspecified atom stereocenters. The average Bonchev–Trinajstić information content (AvgIpc) is 3.77. The summed E-state index contributed by atoms with van der Waals surface area (Å²) in [6, 6.07) is 16.5. The van der Waals surface area contributed by atoms with Crippen molar-refractivity contribution in [2.24, 2.45) is 17.8 Å². The third-order valence-corrected chi connectivity index (χ3v) is 10.8. The maximum absolute atomic E-state index is 14.8. The number of aliphatic hydroxyl groups excluding tert-OH is 1. The number of rotatable bonds is 17. The lowest BCUT2D eigenvalue weighted by molar-refractivity contribution is -0.163. The number of fused-ring (bicyclic) bond motifs is 1. The molecule has 10 heteroatoms. The predicted molar refractivity (Wildman–Crippen MR) is 189 cm³/mol. The number of likely N-dealkylation sites (tertiary alicyclic amines) is 1. The van der Waals surface area contributed by atoms with Gasteiger partial charge < -0.3 is 29.7 Å². The predicted octanol–water partition coefficient (Wildman–Crippen LogP) is 4.74. The van der Waals surface area contributed by atoms with Crippen LogP contribution < -0.4 is 5.32 Å². The number of hydrogen-bond donors (Lipinski definition) is 2. The molecule has 0 aromatic heterocycles. The fourth-order valence-electron chi connectivity index (χ4n) is 8.12. The summed E-state index contributed by atoms with van der Waals surface area (Å²) in [5.41, 5.74) is 0.345. The SMILES string of the molecule is C=CCCC(=O)N[C@H](C)[C@@H](OC(=O)[C@@H]1[C@H]2C(=O)N([C@@H](CO)[C@@H](C)CC)[C@H](C(=O)N(CC=C)Cc3ccccc3)[C@]23CC[C@H]1O3)c1ccccc1. The van der Waals surface area contributed by atoms with Gasteiger partial charge in [0.05, 0.1) is 36.6 Å². The van der Waals surface area contributed by atoms with Gasteiger partial charge >= 0.3 is 5.97 Å². The molecular formula is C40H51N3O7. The number of ether oxygens (including phenoxy) is 2.